The van der Waals surface area contributed by atoms with E-state index in [1.54, 1.807) is 0 Å². The molecule has 2 heterocycles. The Balaban J connectivity index is 2.05. The molecule has 0 bridgehead atoms. The van der Waals surface area contributed by atoms with Gasteiger partial charge in [0.2, 0.25) is 0 Å². The summed E-state index contributed by atoms with van der Waals surface area (Å²) in [4.78, 5) is 4.38. The van der Waals surface area contributed by atoms with Crippen molar-refractivity contribution in [2.75, 3.05) is 6.54 Å². The highest BCUT2D eigenvalue weighted by Crippen LogP contribution is 2.28. The molecule has 1 aromatic rings. The van der Waals surface area contributed by atoms with Gasteiger partial charge in [0.25, 0.3) is 0 Å². The minimum atomic E-state index is 0.275. The molecule has 1 aliphatic heterocycles. The Morgan fingerprint density at radius 2 is 2.36 bits per heavy atom. The zero-order chi connectivity index (χ0) is 10.0. The van der Waals surface area contributed by atoms with Crippen LogP contribution in [-0.2, 0) is 6.42 Å². The quantitative estimate of drug-likeness (QED) is 0.771. The van der Waals surface area contributed by atoms with Gasteiger partial charge in [-0.05, 0) is 51.3 Å². The molecule has 1 fully saturated rings. The molecule has 1 saturated heterocycles. The molecule has 0 saturated carbocycles. The van der Waals surface area contributed by atoms with Crippen LogP contribution in [0, 0.1) is 5.92 Å². The first-order valence-corrected chi connectivity index (χ1v) is 5.33. The predicted octanol–water partition coefficient (Wildman–Crippen LogP) is 2.01. The lowest BCUT2D eigenvalue weighted by Gasteiger charge is -2.26. The van der Waals surface area contributed by atoms with Gasteiger partial charge in [-0.25, -0.2) is 0 Å². The van der Waals surface area contributed by atoms with E-state index in [0.29, 0.717) is 0 Å². The second-order valence-corrected chi connectivity index (χ2v) is 4.66. The first-order chi connectivity index (χ1) is 6.68. The minimum Gasteiger partial charge on any atom is -0.311 e. The van der Waals surface area contributed by atoms with Gasteiger partial charge in [0.15, 0.2) is 0 Å². The molecule has 0 spiro atoms. The largest absolute Gasteiger partial charge is 0.311 e. The molecule has 1 aliphatic rings. The number of rotatable bonds is 2. The average Bonchev–Trinajstić information content (AvgIpc) is 2.48. The summed E-state index contributed by atoms with van der Waals surface area (Å²) in [5, 5.41) is 3.54. The highest BCUT2D eigenvalue weighted by molar-refractivity contribution is 5.07. The molecule has 14 heavy (non-hydrogen) atoms. The molecule has 0 aliphatic carbocycles. The third-order valence-electron chi connectivity index (χ3n) is 3.28. The lowest BCUT2D eigenvalue weighted by Crippen LogP contribution is -2.38. The van der Waals surface area contributed by atoms with Gasteiger partial charge in [-0.1, -0.05) is 6.07 Å². The van der Waals surface area contributed by atoms with E-state index in [1.165, 1.54) is 12.1 Å². The zero-order valence-corrected chi connectivity index (χ0v) is 8.96. The van der Waals surface area contributed by atoms with Crippen LogP contribution in [0.4, 0.5) is 0 Å². The Bertz CT molecular complexity index is 292. The summed E-state index contributed by atoms with van der Waals surface area (Å²) in [6, 6.07) is 6.16. The lowest BCUT2D eigenvalue weighted by atomic mass is 9.85. The molecule has 1 unspecified atom stereocenters. The van der Waals surface area contributed by atoms with Gasteiger partial charge in [-0.3, -0.25) is 4.98 Å². The van der Waals surface area contributed by atoms with Gasteiger partial charge in [0, 0.05) is 17.4 Å². The first-order valence-electron chi connectivity index (χ1n) is 5.33. The zero-order valence-electron chi connectivity index (χ0n) is 8.96. The summed E-state index contributed by atoms with van der Waals surface area (Å²) in [6.45, 7) is 5.71. The van der Waals surface area contributed by atoms with Crippen molar-refractivity contribution < 1.29 is 0 Å². The van der Waals surface area contributed by atoms with Crippen LogP contribution in [0.1, 0.15) is 26.0 Å². The van der Waals surface area contributed by atoms with E-state index in [1.807, 2.05) is 12.3 Å². The lowest BCUT2D eigenvalue weighted by molar-refractivity contribution is 0.330. The van der Waals surface area contributed by atoms with E-state index >= 15 is 0 Å². The topological polar surface area (TPSA) is 24.9 Å². The molecule has 0 amide bonds. The molecule has 2 rings (SSSR count). The van der Waals surface area contributed by atoms with Gasteiger partial charge in [-0.15, -0.1) is 0 Å². The van der Waals surface area contributed by atoms with Crippen molar-refractivity contribution in [3.8, 4) is 0 Å². The Hall–Kier alpha value is -0.890. The normalized spacial score (nSPS) is 25.1. The van der Waals surface area contributed by atoms with Crippen LogP contribution in [0.25, 0.3) is 0 Å². The molecule has 2 heteroatoms. The standard InChI is InChI=1S/C12H18N2/c1-12(2)10(6-8-14-12)9-11-5-3-4-7-13-11/h3-5,7,10,14H,6,8-9H2,1-2H3. The minimum absolute atomic E-state index is 0.275. The Morgan fingerprint density at radius 1 is 1.50 bits per heavy atom. The number of hydrogen-bond donors (Lipinski definition) is 1. The number of aromatic nitrogens is 1. The fraction of sp³-hybridized carbons (Fsp3) is 0.583. The van der Waals surface area contributed by atoms with Gasteiger partial charge in [0.05, 0.1) is 0 Å². The second-order valence-electron chi connectivity index (χ2n) is 4.66. The molecule has 1 N–H and O–H groups in total. The van der Waals surface area contributed by atoms with Crippen LogP contribution in [-0.4, -0.2) is 17.1 Å². The highest BCUT2D eigenvalue weighted by Gasteiger charge is 2.33. The molecule has 1 atom stereocenters. The third-order valence-corrected chi connectivity index (χ3v) is 3.28. The monoisotopic (exact) mass is 190 g/mol. The number of nitrogens with one attached hydrogen (secondary N) is 1. The summed E-state index contributed by atoms with van der Waals surface area (Å²) < 4.78 is 0. The van der Waals surface area contributed by atoms with E-state index in [2.05, 4.69) is 36.3 Å². The van der Waals surface area contributed by atoms with Gasteiger partial charge >= 0.3 is 0 Å². The van der Waals surface area contributed by atoms with Crippen LogP contribution in [0.2, 0.25) is 0 Å². The van der Waals surface area contributed by atoms with Gasteiger partial charge < -0.3 is 5.32 Å². The van der Waals surface area contributed by atoms with Crippen molar-refractivity contribution in [1.29, 1.82) is 0 Å². The van der Waals surface area contributed by atoms with Crippen LogP contribution in [0.15, 0.2) is 24.4 Å². The maximum absolute atomic E-state index is 4.38. The second kappa shape index (κ2) is 3.70. The van der Waals surface area contributed by atoms with Crippen molar-refractivity contribution >= 4 is 0 Å². The van der Waals surface area contributed by atoms with E-state index < -0.39 is 0 Å². The maximum Gasteiger partial charge on any atom is 0.0407 e. The number of nitrogens with zero attached hydrogens (tertiary/aromatic N) is 1. The van der Waals surface area contributed by atoms with Crippen molar-refractivity contribution in [2.45, 2.75) is 32.2 Å². The fourth-order valence-electron chi connectivity index (χ4n) is 2.20. The first kappa shape index (κ1) is 9.66. The van der Waals surface area contributed by atoms with Crippen LogP contribution in [0.3, 0.4) is 0 Å². The van der Waals surface area contributed by atoms with Crippen molar-refractivity contribution in [3.05, 3.63) is 30.1 Å². The third kappa shape index (κ3) is 1.95. The summed E-state index contributed by atoms with van der Waals surface area (Å²) in [5.41, 5.74) is 1.49. The smallest absolute Gasteiger partial charge is 0.0407 e. The van der Waals surface area contributed by atoms with Crippen molar-refractivity contribution in [2.24, 2.45) is 5.92 Å². The van der Waals surface area contributed by atoms with Crippen LogP contribution < -0.4 is 5.32 Å². The van der Waals surface area contributed by atoms with Crippen molar-refractivity contribution in [3.63, 3.8) is 0 Å². The maximum atomic E-state index is 4.38. The summed E-state index contributed by atoms with van der Waals surface area (Å²) in [7, 11) is 0. The van der Waals surface area contributed by atoms with Crippen molar-refractivity contribution in [1.82, 2.24) is 10.3 Å². The van der Waals surface area contributed by atoms with E-state index in [4.69, 9.17) is 0 Å². The predicted molar refractivity (Wildman–Crippen MR) is 58.1 cm³/mol. The molecule has 1 aromatic heterocycles. The van der Waals surface area contributed by atoms with E-state index in [9.17, 15) is 0 Å². The van der Waals surface area contributed by atoms with Gasteiger partial charge in [0.1, 0.15) is 0 Å². The number of pyridine rings is 1. The van der Waals surface area contributed by atoms with Crippen LogP contribution in [0.5, 0.6) is 0 Å². The molecule has 0 radical (unpaired) electrons. The Morgan fingerprint density at radius 3 is 2.93 bits per heavy atom. The highest BCUT2D eigenvalue weighted by atomic mass is 15.0. The Kier molecular flexibility index (Phi) is 2.55. The van der Waals surface area contributed by atoms with E-state index in [-0.39, 0.29) is 5.54 Å². The summed E-state index contributed by atoms with van der Waals surface area (Å²) in [5.74, 6) is 0.720. The molecular weight excluding hydrogens is 172 g/mol. The molecule has 0 aromatic carbocycles. The average molecular weight is 190 g/mol. The molecule has 76 valence electrons. The number of hydrogen-bond acceptors (Lipinski definition) is 2. The van der Waals surface area contributed by atoms with E-state index in [0.717, 1.165) is 18.9 Å². The fourth-order valence-corrected chi connectivity index (χ4v) is 2.20. The summed E-state index contributed by atoms with van der Waals surface area (Å²) in [6.07, 6.45) is 4.25. The Labute approximate surface area is 85.7 Å². The molecular formula is C12H18N2. The SMILES string of the molecule is CC1(C)NCCC1Cc1ccccn1. The molecule has 2 nitrogen and oxygen atoms in total. The van der Waals surface area contributed by atoms with Crippen LogP contribution >= 0.6 is 0 Å². The van der Waals surface area contributed by atoms with Gasteiger partial charge in [-0.2, -0.15) is 0 Å². The summed E-state index contributed by atoms with van der Waals surface area (Å²) >= 11 is 0.